The molecule has 102 valence electrons. The van der Waals surface area contributed by atoms with Gasteiger partial charge in [-0.15, -0.1) is 0 Å². The minimum Gasteiger partial charge on any atom is -1.00 e. The molecule has 0 saturated heterocycles. The minimum absolute atomic E-state index is 0. The van der Waals surface area contributed by atoms with E-state index >= 15 is 0 Å². The maximum Gasteiger partial charge on any atom is 0.320 e. The van der Waals surface area contributed by atoms with Crippen LogP contribution in [0.1, 0.15) is 12.0 Å². The van der Waals surface area contributed by atoms with E-state index in [4.69, 9.17) is 20.7 Å². The van der Waals surface area contributed by atoms with Crippen LogP contribution in [0.2, 0.25) is 0 Å². The molecule has 18 heavy (non-hydrogen) atoms. The number of carboxylic acids is 1. The Hall–Kier alpha value is -1.37. The van der Waals surface area contributed by atoms with Gasteiger partial charge in [0.25, 0.3) is 0 Å². The van der Waals surface area contributed by atoms with Crippen LogP contribution in [0, 0.1) is 0 Å². The van der Waals surface area contributed by atoms with Gasteiger partial charge in [-0.05, 0) is 6.07 Å². The van der Waals surface area contributed by atoms with Crippen LogP contribution in [-0.4, -0.2) is 29.3 Å². The number of nitrogens with two attached hydrogens (primary N) is 1. The van der Waals surface area contributed by atoms with Gasteiger partial charge in [0.05, 0.1) is 13.7 Å². The zero-order valence-corrected chi connectivity index (χ0v) is 10.8. The second kappa shape index (κ2) is 7.86. The number of aryl methyl sites for hydroxylation is 1. The standard InChI is InChI=1S/C11H16N2O4.ClH/c1-17-9-4-8(7-14)5-13(6-9)3-2-10(12)11(15)16;/h4-6,10,14H,2-3,7,12H2,1H3;1H. The molecule has 1 rings (SSSR count). The van der Waals surface area contributed by atoms with Gasteiger partial charge in [0, 0.05) is 12.0 Å². The molecule has 1 aromatic rings. The number of aliphatic hydroxyl groups is 1. The summed E-state index contributed by atoms with van der Waals surface area (Å²) >= 11 is 0. The van der Waals surface area contributed by atoms with Crippen LogP contribution in [0.3, 0.4) is 0 Å². The average Bonchev–Trinajstić information content (AvgIpc) is 2.35. The first kappa shape index (κ1) is 16.6. The molecular formula is C11H17ClN2O4. The topological polar surface area (TPSA) is 96.7 Å². The number of aromatic nitrogens is 1. The Morgan fingerprint density at radius 2 is 2.22 bits per heavy atom. The van der Waals surface area contributed by atoms with Crippen molar-refractivity contribution >= 4 is 5.97 Å². The summed E-state index contributed by atoms with van der Waals surface area (Å²) in [4.78, 5) is 10.6. The number of carboxylic acid groups (broad SMARTS) is 1. The third-order valence-corrected chi connectivity index (χ3v) is 2.39. The van der Waals surface area contributed by atoms with E-state index in [0.29, 0.717) is 24.3 Å². The van der Waals surface area contributed by atoms with Crippen molar-refractivity contribution in [1.82, 2.24) is 0 Å². The lowest BCUT2D eigenvalue weighted by molar-refractivity contribution is -0.698. The van der Waals surface area contributed by atoms with Crippen LogP contribution in [0.25, 0.3) is 0 Å². The van der Waals surface area contributed by atoms with E-state index in [0.717, 1.165) is 0 Å². The highest BCUT2D eigenvalue weighted by atomic mass is 35.5. The van der Waals surface area contributed by atoms with Crippen molar-refractivity contribution in [3.63, 3.8) is 0 Å². The number of methoxy groups -OCH3 is 1. The number of aliphatic carboxylic acids is 1. The summed E-state index contributed by atoms with van der Waals surface area (Å²) in [5.41, 5.74) is 6.11. The molecule has 7 heteroatoms. The predicted octanol–water partition coefficient (Wildman–Crippen LogP) is -3.72. The molecule has 6 nitrogen and oxygen atoms in total. The lowest BCUT2D eigenvalue weighted by atomic mass is 10.2. The zero-order chi connectivity index (χ0) is 12.8. The van der Waals surface area contributed by atoms with Crippen LogP contribution in [0.4, 0.5) is 0 Å². The monoisotopic (exact) mass is 276 g/mol. The number of pyridine rings is 1. The molecule has 4 N–H and O–H groups in total. The van der Waals surface area contributed by atoms with Crippen molar-refractivity contribution in [2.45, 2.75) is 25.6 Å². The average molecular weight is 277 g/mol. The number of hydrogen-bond acceptors (Lipinski definition) is 4. The number of rotatable bonds is 6. The lowest BCUT2D eigenvalue weighted by Gasteiger charge is -2.05. The number of hydrogen-bond donors (Lipinski definition) is 3. The molecule has 0 saturated carbocycles. The second-order valence-corrected chi connectivity index (χ2v) is 3.71. The molecule has 0 amide bonds. The van der Waals surface area contributed by atoms with E-state index in [2.05, 4.69) is 0 Å². The molecule has 1 atom stereocenters. The molecule has 0 aromatic carbocycles. The van der Waals surface area contributed by atoms with Crippen molar-refractivity contribution in [2.24, 2.45) is 5.73 Å². The van der Waals surface area contributed by atoms with Crippen molar-refractivity contribution in [1.29, 1.82) is 0 Å². The highest BCUT2D eigenvalue weighted by Gasteiger charge is 2.15. The maximum atomic E-state index is 10.6. The second-order valence-electron chi connectivity index (χ2n) is 3.71. The number of halogens is 1. The van der Waals surface area contributed by atoms with E-state index in [1.165, 1.54) is 7.11 Å². The summed E-state index contributed by atoms with van der Waals surface area (Å²) in [5, 5.41) is 17.7. The fraction of sp³-hybridized carbons (Fsp3) is 0.455. The van der Waals surface area contributed by atoms with Gasteiger partial charge in [0.1, 0.15) is 6.04 Å². The van der Waals surface area contributed by atoms with E-state index in [1.807, 2.05) is 0 Å². The summed E-state index contributed by atoms with van der Waals surface area (Å²) in [6.45, 7) is 0.361. The summed E-state index contributed by atoms with van der Waals surface area (Å²) < 4.78 is 6.83. The molecule has 1 aromatic heterocycles. The zero-order valence-electron chi connectivity index (χ0n) is 10.0. The van der Waals surface area contributed by atoms with E-state index in [9.17, 15) is 4.79 Å². The SMILES string of the molecule is COc1cc(CO)c[n+](CCC(N)C(=O)O)c1.[Cl-]. The first-order valence-electron chi connectivity index (χ1n) is 5.23. The molecule has 0 aliphatic rings. The van der Waals surface area contributed by atoms with Gasteiger partial charge in [0.2, 0.25) is 6.20 Å². The molecule has 0 bridgehead atoms. The Morgan fingerprint density at radius 1 is 1.56 bits per heavy atom. The van der Waals surface area contributed by atoms with Crippen molar-refractivity contribution < 1.29 is 36.7 Å². The predicted molar refractivity (Wildman–Crippen MR) is 59.3 cm³/mol. The number of carbonyl (C=O) groups is 1. The Balaban J connectivity index is 0.00000289. The largest absolute Gasteiger partial charge is 1.00 e. The van der Waals surface area contributed by atoms with Gasteiger partial charge in [-0.2, -0.15) is 0 Å². The molecule has 1 unspecified atom stereocenters. The van der Waals surface area contributed by atoms with Gasteiger partial charge < -0.3 is 33.1 Å². The Labute approximate surface area is 111 Å². The van der Waals surface area contributed by atoms with Crippen LogP contribution in [0.5, 0.6) is 5.75 Å². The summed E-state index contributed by atoms with van der Waals surface area (Å²) in [7, 11) is 1.53. The molecule has 0 radical (unpaired) electrons. The van der Waals surface area contributed by atoms with Crippen LogP contribution < -0.4 is 27.4 Å². The van der Waals surface area contributed by atoms with Gasteiger partial charge in [-0.1, -0.05) is 0 Å². The van der Waals surface area contributed by atoms with E-state index < -0.39 is 12.0 Å². The van der Waals surface area contributed by atoms with Crippen molar-refractivity contribution in [3.05, 3.63) is 24.0 Å². The third kappa shape index (κ3) is 4.87. The lowest BCUT2D eigenvalue weighted by Crippen LogP contribution is -3.00. The third-order valence-electron chi connectivity index (χ3n) is 2.39. The van der Waals surface area contributed by atoms with Crippen molar-refractivity contribution in [2.75, 3.05) is 7.11 Å². The smallest absolute Gasteiger partial charge is 0.320 e. The Kier molecular flexibility index (Phi) is 7.26. The molecule has 1 heterocycles. The van der Waals surface area contributed by atoms with Crippen LogP contribution in [-0.2, 0) is 17.9 Å². The van der Waals surface area contributed by atoms with Crippen LogP contribution in [0.15, 0.2) is 18.5 Å². The van der Waals surface area contributed by atoms with Crippen molar-refractivity contribution in [3.8, 4) is 5.75 Å². The van der Waals surface area contributed by atoms with Gasteiger partial charge in [-0.3, -0.25) is 4.79 Å². The Morgan fingerprint density at radius 3 is 2.72 bits per heavy atom. The van der Waals surface area contributed by atoms with Crippen LogP contribution >= 0.6 is 0 Å². The Bertz CT molecular complexity index is 378. The summed E-state index contributed by atoms with van der Waals surface area (Å²) in [5.74, 6) is -0.406. The first-order valence-corrected chi connectivity index (χ1v) is 5.23. The number of aliphatic hydroxyl groups excluding tert-OH is 1. The summed E-state index contributed by atoms with van der Waals surface area (Å²) in [6.07, 6.45) is 3.78. The van der Waals surface area contributed by atoms with Gasteiger partial charge >= 0.3 is 5.97 Å². The molecule has 0 aliphatic carbocycles. The fourth-order valence-corrected chi connectivity index (χ4v) is 1.41. The molecule has 0 spiro atoms. The number of ether oxygens (including phenoxy) is 1. The summed E-state index contributed by atoms with van der Waals surface area (Å²) in [6, 6.07) is 0.833. The highest BCUT2D eigenvalue weighted by molar-refractivity contribution is 5.72. The quantitative estimate of drug-likeness (QED) is 0.465. The highest BCUT2D eigenvalue weighted by Crippen LogP contribution is 2.09. The van der Waals surface area contributed by atoms with Gasteiger partial charge in [-0.25, -0.2) is 4.57 Å². The van der Waals surface area contributed by atoms with E-state index in [1.54, 1.807) is 23.0 Å². The number of nitrogens with zero attached hydrogens (tertiary/aromatic N) is 1. The minimum atomic E-state index is -1.02. The maximum absolute atomic E-state index is 10.6. The molecule has 0 aliphatic heterocycles. The normalized spacial score (nSPS) is 11.5. The van der Waals surface area contributed by atoms with E-state index in [-0.39, 0.29) is 19.0 Å². The molecule has 0 fully saturated rings. The first-order chi connectivity index (χ1) is 8.06. The fourth-order valence-electron chi connectivity index (χ4n) is 1.41. The van der Waals surface area contributed by atoms with Gasteiger partial charge in [0.15, 0.2) is 18.5 Å². The molecular weight excluding hydrogens is 260 g/mol.